The fourth-order valence-corrected chi connectivity index (χ4v) is 4.06. The summed E-state index contributed by atoms with van der Waals surface area (Å²) in [5.74, 6) is 0.688. The lowest BCUT2D eigenvalue weighted by Crippen LogP contribution is -2.45. The lowest BCUT2D eigenvalue weighted by Gasteiger charge is -2.35. The Balaban J connectivity index is 1.52. The summed E-state index contributed by atoms with van der Waals surface area (Å²) in [5.41, 5.74) is -0.00887. The van der Waals surface area contributed by atoms with Gasteiger partial charge in [0.2, 0.25) is 5.91 Å². The number of ether oxygens (including phenoxy) is 3. The van der Waals surface area contributed by atoms with E-state index in [0.717, 1.165) is 27.1 Å². The Morgan fingerprint density at radius 2 is 1.83 bits per heavy atom. The van der Waals surface area contributed by atoms with Crippen molar-refractivity contribution in [3.05, 3.63) is 58.8 Å². The first-order valence-electron chi connectivity index (χ1n) is 9.73. The highest BCUT2D eigenvalue weighted by atomic mass is 32.1. The molecule has 1 amide bonds. The number of amides is 1. The van der Waals surface area contributed by atoms with E-state index in [9.17, 15) is 4.79 Å². The fraction of sp³-hybridized carbons (Fsp3) is 0.348. The van der Waals surface area contributed by atoms with Gasteiger partial charge >= 0.3 is 0 Å². The molecule has 0 aliphatic carbocycles. The van der Waals surface area contributed by atoms with Gasteiger partial charge in [-0.3, -0.25) is 4.79 Å². The van der Waals surface area contributed by atoms with Crippen LogP contribution in [0, 0.1) is 5.41 Å². The number of hydrogen-bond acceptors (Lipinski definition) is 5. The van der Waals surface area contributed by atoms with E-state index in [4.69, 9.17) is 14.2 Å². The van der Waals surface area contributed by atoms with Gasteiger partial charge in [0.25, 0.3) is 0 Å². The van der Waals surface area contributed by atoms with Crippen molar-refractivity contribution in [3.8, 4) is 5.75 Å². The minimum Gasteiger partial charge on any atom is -0.490 e. The molecule has 0 saturated carbocycles. The largest absolute Gasteiger partial charge is 0.490 e. The Morgan fingerprint density at radius 1 is 1.10 bits per heavy atom. The van der Waals surface area contributed by atoms with Crippen LogP contribution < -0.4 is 10.1 Å². The maximum atomic E-state index is 13.1. The van der Waals surface area contributed by atoms with Crippen LogP contribution in [0.3, 0.4) is 0 Å². The van der Waals surface area contributed by atoms with Crippen molar-refractivity contribution in [2.45, 2.75) is 33.2 Å². The molecule has 0 atom stereocenters. The van der Waals surface area contributed by atoms with Crippen molar-refractivity contribution in [3.63, 3.8) is 0 Å². The number of fused-ring (bicyclic) bond motifs is 1. The summed E-state index contributed by atoms with van der Waals surface area (Å²) in [7, 11) is 0. The maximum Gasteiger partial charge on any atom is 0.235 e. The Kier molecular flexibility index (Phi) is 5.58. The summed E-state index contributed by atoms with van der Waals surface area (Å²) in [6.07, 6.45) is -0.324. The second kappa shape index (κ2) is 8.14. The van der Waals surface area contributed by atoms with Gasteiger partial charge in [0, 0.05) is 16.5 Å². The number of thiophene rings is 1. The molecule has 1 N–H and O–H groups in total. The normalized spacial score (nSPS) is 22.0. The first-order chi connectivity index (χ1) is 14.0. The average molecular weight is 412 g/mol. The van der Waals surface area contributed by atoms with Gasteiger partial charge in [-0.05, 0) is 44.4 Å². The van der Waals surface area contributed by atoms with Crippen molar-refractivity contribution in [1.29, 1.82) is 0 Å². The van der Waals surface area contributed by atoms with Crippen molar-refractivity contribution in [2.75, 3.05) is 18.5 Å². The molecular formula is C23H25NO4S. The van der Waals surface area contributed by atoms with E-state index in [-0.39, 0.29) is 12.0 Å². The van der Waals surface area contributed by atoms with Gasteiger partial charge in [-0.25, -0.2) is 0 Å². The SMILES string of the molecule is CC(C)Oc1ccc(NC(=O)C2(C)COC(c3cccs3)OC2)c2ccccc12. The molecule has 0 unspecified atom stereocenters. The first kappa shape index (κ1) is 19.9. The number of anilines is 1. The second-order valence-electron chi connectivity index (χ2n) is 7.81. The number of carbonyl (C=O) groups is 1. The van der Waals surface area contributed by atoms with E-state index >= 15 is 0 Å². The molecule has 5 nitrogen and oxygen atoms in total. The third kappa shape index (κ3) is 4.15. The number of carbonyl (C=O) groups excluding carboxylic acids is 1. The van der Waals surface area contributed by atoms with Crippen LogP contribution in [0.1, 0.15) is 31.9 Å². The zero-order valence-corrected chi connectivity index (χ0v) is 17.6. The van der Waals surface area contributed by atoms with E-state index in [2.05, 4.69) is 5.32 Å². The molecule has 2 aromatic carbocycles. The van der Waals surface area contributed by atoms with Crippen LogP contribution in [0.2, 0.25) is 0 Å². The second-order valence-corrected chi connectivity index (χ2v) is 8.79. The van der Waals surface area contributed by atoms with E-state index < -0.39 is 11.7 Å². The Morgan fingerprint density at radius 3 is 2.48 bits per heavy atom. The maximum absolute atomic E-state index is 13.1. The summed E-state index contributed by atoms with van der Waals surface area (Å²) in [6.45, 7) is 6.46. The van der Waals surface area contributed by atoms with Crippen LogP contribution in [0.25, 0.3) is 10.8 Å². The summed E-state index contributed by atoms with van der Waals surface area (Å²) in [5, 5.41) is 6.97. The molecular weight excluding hydrogens is 386 g/mol. The predicted molar refractivity (Wildman–Crippen MR) is 115 cm³/mol. The van der Waals surface area contributed by atoms with Crippen LogP contribution in [0.5, 0.6) is 5.75 Å². The molecule has 0 radical (unpaired) electrons. The molecule has 3 aromatic rings. The van der Waals surface area contributed by atoms with Gasteiger partial charge in [-0.1, -0.05) is 30.3 Å². The summed E-state index contributed by atoms with van der Waals surface area (Å²) >= 11 is 1.58. The van der Waals surface area contributed by atoms with E-state index in [1.54, 1.807) is 11.3 Å². The van der Waals surface area contributed by atoms with Gasteiger partial charge in [-0.2, -0.15) is 0 Å². The van der Waals surface area contributed by atoms with Gasteiger partial charge < -0.3 is 19.5 Å². The highest BCUT2D eigenvalue weighted by Gasteiger charge is 2.40. The molecule has 1 aromatic heterocycles. The van der Waals surface area contributed by atoms with Crippen LogP contribution >= 0.6 is 11.3 Å². The van der Waals surface area contributed by atoms with E-state index in [1.165, 1.54) is 0 Å². The molecule has 29 heavy (non-hydrogen) atoms. The van der Waals surface area contributed by atoms with Crippen LogP contribution in [0.15, 0.2) is 53.9 Å². The zero-order valence-electron chi connectivity index (χ0n) is 16.8. The highest BCUT2D eigenvalue weighted by molar-refractivity contribution is 7.10. The predicted octanol–water partition coefficient (Wildman–Crippen LogP) is 5.38. The van der Waals surface area contributed by atoms with Gasteiger partial charge in [-0.15, -0.1) is 11.3 Å². The van der Waals surface area contributed by atoms with Crippen molar-refractivity contribution in [1.82, 2.24) is 0 Å². The molecule has 0 spiro atoms. The van der Waals surface area contributed by atoms with Crippen molar-refractivity contribution < 1.29 is 19.0 Å². The fourth-order valence-electron chi connectivity index (χ4n) is 3.34. The smallest absolute Gasteiger partial charge is 0.235 e. The Bertz CT molecular complexity index is 991. The molecule has 1 fully saturated rings. The number of hydrogen-bond donors (Lipinski definition) is 1. The molecule has 1 aliphatic heterocycles. The van der Waals surface area contributed by atoms with Crippen LogP contribution in [0.4, 0.5) is 5.69 Å². The molecule has 0 bridgehead atoms. The van der Waals surface area contributed by atoms with Gasteiger partial charge in [0.05, 0.1) is 29.6 Å². The summed E-state index contributed by atoms with van der Waals surface area (Å²) in [4.78, 5) is 14.1. The quantitative estimate of drug-likeness (QED) is 0.612. The first-order valence-corrected chi connectivity index (χ1v) is 10.6. The number of nitrogens with one attached hydrogen (secondary N) is 1. The summed E-state index contributed by atoms with van der Waals surface area (Å²) < 4.78 is 17.6. The molecule has 1 aliphatic rings. The molecule has 2 heterocycles. The highest BCUT2D eigenvalue weighted by Crippen LogP contribution is 2.36. The number of benzene rings is 2. The van der Waals surface area contributed by atoms with Gasteiger partial charge in [0.1, 0.15) is 5.75 Å². The van der Waals surface area contributed by atoms with Crippen molar-refractivity contribution >= 4 is 33.7 Å². The lowest BCUT2D eigenvalue weighted by atomic mass is 9.90. The minimum atomic E-state index is -0.762. The molecule has 152 valence electrons. The Labute approximate surface area is 174 Å². The average Bonchev–Trinajstić information content (AvgIpc) is 3.25. The summed E-state index contributed by atoms with van der Waals surface area (Å²) in [6, 6.07) is 15.6. The third-order valence-electron chi connectivity index (χ3n) is 4.93. The van der Waals surface area contributed by atoms with Gasteiger partial charge in [0.15, 0.2) is 6.29 Å². The van der Waals surface area contributed by atoms with Crippen LogP contribution in [-0.4, -0.2) is 25.2 Å². The van der Waals surface area contributed by atoms with Crippen molar-refractivity contribution in [2.24, 2.45) is 5.41 Å². The third-order valence-corrected chi connectivity index (χ3v) is 5.82. The lowest BCUT2D eigenvalue weighted by molar-refractivity contribution is -0.225. The van der Waals surface area contributed by atoms with Crippen LogP contribution in [-0.2, 0) is 14.3 Å². The van der Waals surface area contributed by atoms with E-state index in [0.29, 0.717) is 13.2 Å². The number of rotatable bonds is 5. The molecule has 4 rings (SSSR count). The standard InChI is InChI=1S/C23H25NO4S/c1-15(2)28-19-11-10-18(16-7-4-5-8-17(16)19)24-22(25)23(3)13-26-21(27-14-23)20-9-6-12-29-20/h4-12,15,21H,13-14H2,1-3H3,(H,24,25). The monoisotopic (exact) mass is 411 g/mol. The minimum absolute atomic E-state index is 0.0746. The molecule has 1 saturated heterocycles. The zero-order chi connectivity index (χ0) is 20.4. The van der Waals surface area contributed by atoms with E-state index in [1.807, 2.05) is 74.7 Å². The Hall–Kier alpha value is -2.41. The molecule has 6 heteroatoms. The topological polar surface area (TPSA) is 56.8 Å².